The van der Waals surface area contributed by atoms with E-state index in [4.69, 9.17) is 5.73 Å². The van der Waals surface area contributed by atoms with E-state index in [1.807, 2.05) is 17.9 Å². The van der Waals surface area contributed by atoms with Crippen molar-refractivity contribution in [1.82, 2.24) is 15.1 Å². The zero-order valence-electron chi connectivity index (χ0n) is 10.3. The quantitative estimate of drug-likeness (QED) is 0.807. The molecule has 94 valence electrons. The number of carbonyl (C=O) groups excluding carboxylic acids is 1. The molecule has 0 bridgehead atoms. The predicted octanol–water partition coefficient (Wildman–Crippen LogP) is 0.600. The van der Waals surface area contributed by atoms with Gasteiger partial charge < -0.3 is 10.6 Å². The summed E-state index contributed by atoms with van der Waals surface area (Å²) in [4.78, 5) is 14.1. The van der Waals surface area contributed by atoms with Crippen LogP contribution in [0.5, 0.6) is 0 Å². The highest BCUT2D eigenvalue weighted by Crippen LogP contribution is 2.17. The van der Waals surface area contributed by atoms with E-state index in [0.29, 0.717) is 13.0 Å². The SMILES string of the molecule is Cc1cc(CC(=O)N2CCCC[C@H]2CN)n[nH]1. The topological polar surface area (TPSA) is 75.0 Å². The lowest BCUT2D eigenvalue weighted by atomic mass is 10.0. The molecule has 1 aromatic rings. The van der Waals surface area contributed by atoms with Crippen molar-refractivity contribution in [2.75, 3.05) is 13.1 Å². The third-order valence-corrected chi connectivity index (χ3v) is 3.31. The van der Waals surface area contributed by atoms with Crippen LogP contribution < -0.4 is 5.73 Å². The summed E-state index contributed by atoms with van der Waals surface area (Å²) in [6.07, 6.45) is 3.66. The largest absolute Gasteiger partial charge is 0.338 e. The zero-order chi connectivity index (χ0) is 12.3. The average Bonchev–Trinajstić information content (AvgIpc) is 2.74. The van der Waals surface area contributed by atoms with Crippen molar-refractivity contribution in [2.24, 2.45) is 5.73 Å². The Morgan fingerprint density at radius 2 is 2.47 bits per heavy atom. The van der Waals surface area contributed by atoms with Crippen molar-refractivity contribution in [1.29, 1.82) is 0 Å². The Morgan fingerprint density at radius 1 is 1.65 bits per heavy atom. The number of aromatic amines is 1. The molecular weight excluding hydrogens is 216 g/mol. The molecule has 1 aromatic heterocycles. The van der Waals surface area contributed by atoms with Gasteiger partial charge in [0, 0.05) is 24.8 Å². The van der Waals surface area contributed by atoms with Crippen molar-refractivity contribution in [3.8, 4) is 0 Å². The molecule has 1 fully saturated rings. The maximum atomic E-state index is 12.2. The van der Waals surface area contributed by atoms with Gasteiger partial charge in [-0.25, -0.2) is 0 Å². The van der Waals surface area contributed by atoms with Crippen molar-refractivity contribution in [2.45, 2.75) is 38.6 Å². The minimum absolute atomic E-state index is 0.145. The van der Waals surface area contributed by atoms with E-state index in [1.54, 1.807) is 0 Å². The molecule has 0 aromatic carbocycles. The fraction of sp³-hybridized carbons (Fsp3) is 0.667. The Labute approximate surface area is 101 Å². The third-order valence-electron chi connectivity index (χ3n) is 3.31. The lowest BCUT2D eigenvalue weighted by Crippen LogP contribution is -2.48. The Balaban J connectivity index is 1.98. The van der Waals surface area contributed by atoms with Crippen molar-refractivity contribution in [3.63, 3.8) is 0 Å². The van der Waals surface area contributed by atoms with Crippen LogP contribution >= 0.6 is 0 Å². The lowest BCUT2D eigenvalue weighted by Gasteiger charge is -2.35. The number of nitrogens with two attached hydrogens (primary N) is 1. The first-order valence-electron chi connectivity index (χ1n) is 6.21. The Kier molecular flexibility index (Phi) is 3.78. The highest BCUT2D eigenvalue weighted by molar-refractivity contribution is 5.78. The van der Waals surface area contributed by atoms with E-state index in [0.717, 1.165) is 30.8 Å². The second-order valence-electron chi connectivity index (χ2n) is 4.69. The molecule has 1 aliphatic rings. The molecule has 0 spiro atoms. The monoisotopic (exact) mass is 236 g/mol. The molecule has 17 heavy (non-hydrogen) atoms. The summed E-state index contributed by atoms with van der Waals surface area (Å²) in [5.74, 6) is 0.145. The molecule has 1 saturated heterocycles. The molecule has 5 heteroatoms. The van der Waals surface area contributed by atoms with Crippen LogP contribution in [0.3, 0.4) is 0 Å². The zero-order valence-corrected chi connectivity index (χ0v) is 10.3. The summed E-state index contributed by atoms with van der Waals surface area (Å²) < 4.78 is 0. The first-order chi connectivity index (χ1) is 8.20. The molecule has 1 amide bonds. The summed E-state index contributed by atoms with van der Waals surface area (Å²) in [5.41, 5.74) is 7.51. The van der Waals surface area contributed by atoms with Gasteiger partial charge in [0.05, 0.1) is 12.1 Å². The number of nitrogens with one attached hydrogen (secondary N) is 1. The Morgan fingerprint density at radius 3 is 3.12 bits per heavy atom. The van der Waals surface area contributed by atoms with Gasteiger partial charge in [-0.2, -0.15) is 5.10 Å². The van der Waals surface area contributed by atoms with Crippen LogP contribution in [0.25, 0.3) is 0 Å². The smallest absolute Gasteiger partial charge is 0.228 e. The van der Waals surface area contributed by atoms with E-state index in [9.17, 15) is 4.79 Å². The third kappa shape index (κ3) is 2.85. The van der Waals surface area contributed by atoms with Gasteiger partial charge in [-0.05, 0) is 32.3 Å². The van der Waals surface area contributed by atoms with Crippen LogP contribution in [0.2, 0.25) is 0 Å². The first-order valence-corrected chi connectivity index (χ1v) is 6.21. The van der Waals surface area contributed by atoms with Gasteiger partial charge in [0.25, 0.3) is 0 Å². The number of aromatic nitrogens is 2. The van der Waals surface area contributed by atoms with Gasteiger partial charge >= 0.3 is 0 Å². The van der Waals surface area contributed by atoms with Gasteiger partial charge in [-0.3, -0.25) is 9.89 Å². The Bertz CT molecular complexity index is 388. The van der Waals surface area contributed by atoms with Crippen LogP contribution in [0.4, 0.5) is 0 Å². The highest BCUT2D eigenvalue weighted by atomic mass is 16.2. The summed E-state index contributed by atoms with van der Waals surface area (Å²) in [6, 6.07) is 2.13. The molecule has 0 unspecified atom stereocenters. The number of amides is 1. The average molecular weight is 236 g/mol. The van der Waals surface area contributed by atoms with Crippen LogP contribution in [0.1, 0.15) is 30.7 Å². The fourth-order valence-corrected chi connectivity index (χ4v) is 2.40. The lowest BCUT2D eigenvalue weighted by molar-refractivity contribution is -0.133. The van der Waals surface area contributed by atoms with E-state index in [2.05, 4.69) is 10.2 Å². The summed E-state index contributed by atoms with van der Waals surface area (Å²) in [6.45, 7) is 3.33. The number of rotatable bonds is 3. The molecule has 3 N–H and O–H groups in total. The first kappa shape index (κ1) is 12.1. The maximum Gasteiger partial charge on any atom is 0.228 e. The number of H-pyrrole nitrogens is 1. The molecule has 5 nitrogen and oxygen atoms in total. The number of piperidine rings is 1. The van der Waals surface area contributed by atoms with Crippen LogP contribution in [0, 0.1) is 6.92 Å². The number of aryl methyl sites for hydroxylation is 1. The second kappa shape index (κ2) is 5.31. The Hall–Kier alpha value is -1.36. The van der Waals surface area contributed by atoms with Crippen LogP contribution in [0.15, 0.2) is 6.07 Å². The van der Waals surface area contributed by atoms with Gasteiger partial charge in [0.15, 0.2) is 0 Å². The highest BCUT2D eigenvalue weighted by Gasteiger charge is 2.25. The van der Waals surface area contributed by atoms with Gasteiger partial charge in [-0.1, -0.05) is 0 Å². The number of hydrogen-bond donors (Lipinski definition) is 2. The predicted molar refractivity (Wildman–Crippen MR) is 65.4 cm³/mol. The molecule has 1 atom stereocenters. The summed E-state index contributed by atoms with van der Waals surface area (Å²) >= 11 is 0. The molecule has 1 aliphatic heterocycles. The minimum Gasteiger partial charge on any atom is -0.338 e. The molecule has 0 aliphatic carbocycles. The van der Waals surface area contributed by atoms with Crippen LogP contribution in [-0.2, 0) is 11.2 Å². The fourth-order valence-electron chi connectivity index (χ4n) is 2.40. The number of nitrogens with zero attached hydrogens (tertiary/aromatic N) is 2. The molecule has 0 radical (unpaired) electrons. The van der Waals surface area contributed by atoms with Crippen LogP contribution in [-0.4, -0.2) is 40.1 Å². The van der Waals surface area contributed by atoms with E-state index in [-0.39, 0.29) is 11.9 Å². The van der Waals surface area contributed by atoms with Crippen molar-refractivity contribution in [3.05, 3.63) is 17.5 Å². The van der Waals surface area contributed by atoms with Crippen molar-refractivity contribution >= 4 is 5.91 Å². The van der Waals surface area contributed by atoms with E-state index < -0.39 is 0 Å². The number of likely N-dealkylation sites (tertiary alicyclic amines) is 1. The molecular formula is C12H20N4O. The van der Waals surface area contributed by atoms with Gasteiger partial charge in [-0.15, -0.1) is 0 Å². The van der Waals surface area contributed by atoms with E-state index in [1.165, 1.54) is 6.42 Å². The molecule has 2 rings (SSSR count). The number of hydrogen-bond acceptors (Lipinski definition) is 3. The van der Waals surface area contributed by atoms with Gasteiger partial charge in [0.2, 0.25) is 5.91 Å². The summed E-state index contributed by atoms with van der Waals surface area (Å²) in [5, 5.41) is 6.95. The molecule has 2 heterocycles. The second-order valence-corrected chi connectivity index (χ2v) is 4.69. The normalized spacial score (nSPS) is 20.6. The van der Waals surface area contributed by atoms with E-state index >= 15 is 0 Å². The maximum absolute atomic E-state index is 12.2. The molecule has 0 saturated carbocycles. The minimum atomic E-state index is 0.145. The standard InChI is InChI=1S/C12H20N4O/c1-9-6-10(15-14-9)7-12(17)16-5-3-2-4-11(16)8-13/h6,11H,2-5,7-8,13H2,1H3,(H,14,15)/t11-/m0/s1. The van der Waals surface area contributed by atoms with Crippen molar-refractivity contribution < 1.29 is 4.79 Å². The van der Waals surface area contributed by atoms with Gasteiger partial charge in [0.1, 0.15) is 0 Å². The number of carbonyl (C=O) groups is 1. The summed E-state index contributed by atoms with van der Waals surface area (Å²) in [7, 11) is 0.